The fourth-order valence-corrected chi connectivity index (χ4v) is 3.33. The van der Waals surface area contributed by atoms with Crippen molar-refractivity contribution in [2.45, 2.75) is 38.8 Å². The molecule has 1 amide bonds. The third-order valence-electron chi connectivity index (χ3n) is 5.15. The van der Waals surface area contributed by atoms with Crippen LogP contribution in [0.3, 0.4) is 0 Å². The quantitative estimate of drug-likeness (QED) is 0.752. The van der Waals surface area contributed by atoms with Gasteiger partial charge in [-0.1, -0.05) is 18.2 Å². The zero-order valence-electron chi connectivity index (χ0n) is 16.2. The molecule has 1 aliphatic rings. The van der Waals surface area contributed by atoms with Gasteiger partial charge in [0.05, 0.1) is 5.69 Å². The SMILES string of the molecule is C[C@@H](c1ccncn1)N(C)Cc1ccccc1OCC(=O)N1CCCCC1. The van der Waals surface area contributed by atoms with Gasteiger partial charge in [0.2, 0.25) is 0 Å². The van der Waals surface area contributed by atoms with Gasteiger partial charge in [-0.05, 0) is 45.4 Å². The molecule has 0 bridgehead atoms. The highest BCUT2D eigenvalue weighted by atomic mass is 16.5. The van der Waals surface area contributed by atoms with Crippen molar-refractivity contribution >= 4 is 5.91 Å². The highest BCUT2D eigenvalue weighted by molar-refractivity contribution is 5.77. The van der Waals surface area contributed by atoms with Crippen LogP contribution < -0.4 is 4.74 Å². The number of carbonyl (C=O) groups excluding carboxylic acids is 1. The van der Waals surface area contributed by atoms with E-state index in [0.717, 1.165) is 42.9 Å². The van der Waals surface area contributed by atoms with Gasteiger partial charge in [0.25, 0.3) is 5.91 Å². The number of para-hydroxylation sites is 1. The molecule has 1 atom stereocenters. The van der Waals surface area contributed by atoms with Crippen molar-refractivity contribution in [3.63, 3.8) is 0 Å². The van der Waals surface area contributed by atoms with Crippen molar-refractivity contribution in [1.82, 2.24) is 19.8 Å². The lowest BCUT2D eigenvalue weighted by atomic mass is 10.1. The van der Waals surface area contributed by atoms with Crippen molar-refractivity contribution in [3.8, 4) is 5.75 Å². The number of piperidine rings is 1. The highest BCUT2D eigenvalue weighted by Crippen LogP contribution is 2.24. The lowest BCUT2D eigenvalue weighted by Crippen LogP contribution is -2.38. The Morgan fingerprint density at radius 1 is 1.22 bits per heavy atom. The number of rotatable bonds is 7. The molecule has 27 heavy (non-hydrogen) atoms. The molecule has 144 valence electrons. The predicted molar refractivity (Wildman–Crippen MR) is 104 cm³/mol. The van der Waals surface area contributed by atoms with E-state index in [1.54, 1.807) is 12.5 Å². The van der Waals surface area contributed by atoms with Gasteiger partial charge >= 0.3 is 0 Å². The average molecular weight is 368 g/mol. The first-order chi connectivity index (χ1) is 13.1. The molecule has 0 spiro atoms. The molecule has 1 aliphatic heterocycles. The number of carbonyl (C=O) groups is 1. The molecule has 0 N–H and O–H groups in total. The summed E-state index contributed by atoms with van der Waals surface area (Å²) in [6.45, 7) is 4.62. The van der Waals surface area contributed by atoms with Gasteiger partial charge in [-0.15, -0.1) is 0 Å². The van der Waals surface area contributed by atoms with Crippen LogP contribution in [0, 0.1) is 0 Å². The van der Waals surface area contributed by atoms with Crippen LogP contribution in [-0.4, -0.2) is 52.4 Å². The van der Waals surface area contributed by atoms with Crippen molar-refractivity contribution in [2.24, 2.45) is 0 Å². The minimum atomic E-state index is 0.0761. The Kier molecular flexibility index (Phi) is 6.76. The Labute approximate surface area is 161 Å². The minimum Gasteiger partial charge on any atom is -0.483 e. The number of hydrogen-bond donors (Lipinski definition) is 0. The standard InChI is InChI=1S/C21H28N4O2/c1-17(19-10-11-22-16-23-19)24(2)14-18-8-4-5-9-20(18)27-15-21(26)25-12-6-3-7-13-25/h4-5,8-11,16-17H,3,6-7,12-15H2,1-2H3/t17-/m0/s1. The van der Waals surface area contributed by atoms with Gasteiger partial charge in [0.15, 0.2) is 6.61 Å². The van der Waals surface area contributed by atoms with E-state index in [0.29, 0.717) is 6.54 Å². The molecule has 2 heterocycles. The normalized spacial score (nSPS) is 15.6. The summed E-state index contributed by atoms with van der Waals surface area (Å²) in [7, 11) is 2.06. The molecule has 6 nitrogen and oxygen atoms in total. The molecule has 6 heteroatoms. The van der Waals surface area contributed by atoms with E-state index < -0.39 is 0 Å². The second kappa shape index (κ2) is 9.46. The summed E-state index contributed by atoms with van der Waals surface area (Å²) in [4.78, 5) is 24.8. The third-order valence-corrected chi connectivity index (χ3v) is 5.15. The van der Waals surface area contributed by atoms with Gasteiger partial charge in [0, 0.05) is 37.4 Å². The Hall–Kier alpha value is -2.47. The number of hydrogen-bond acceptors (Lipinski definition) is 5. The second-order valence-electron chi connectivity index (χ2n) is 7.06. The summed E-state index contributed by atoms with van der Waals surface area (Å²) < 4.78 is 5.90. The number of benzene rings is 1. The average Bonchev–Trinajstić information content (AvgIpc) is 2.73. The maximum absolute atomic E-state index is 12.4. The van der Waals surface area contributed by atoms with Gasteiger partial charge in [-0.3, -0.25) is 9.69 Å². The summed E-state index contributed by atoms with van der Waals surface area (Å²) in [5.41, 5.74) is 2.04. The fraction of sp³-hybridized carbons (Fsp3) is 0.476. The van der Waals surface area contributed by atoms with Crippen LogP contribution >= 0.6 is 0 Å². The largest absolute Gasteiger partial charge is 0.483 e. The summed E-state index contributed by atoms with van der Waals surface area (Å²) in [6, 6.07) is 10.00. The monoisotopic (exact) mass is 368 g/mol. The lowest BCUT2D eigenvalue weighted by molar-refractivity contribution is -0.134. The van der Waals surface area contributed by atoms with Crippen LogP contribution in [0.25, 0.3) is 0 Å². The molecule has 1 saturated heterocycles. The zero-order chi connectivity index (χ0) is 19.1. The van der Waals surface area contributed by atoms with E-state index in [2.05, 4.69) is 28.8 Å². The Bertz CT molecular complexity index is 732. The van der Waals surface area contributed by atoms with Crippen molar-refractivity contribution < 1.29 is 9.53 Å². The number of amides is 1. The van der Waals surface area contributed by atoms with Crippen LogP contribution in [-0.2, 0) is 11.3 Å². The molecular weight excluding hydrogens is 340 g/mol. The van der Waals surface area contributed by atoms with E-state index in [9.17, 15) is 4.79 Å². The second-order valence-corrected chi connectivity index (χ2v) is 7.06. The van der Waals surface area contributed by atoms with Gasteiger partial charge in [-0.25, -0.2) is 9.97 Å². The van der Waals surface area contributed by atoms with Crippen molar-refractivity contribution in [2.75, 3.05) is 26.7 Å². The number of ether oxygens (including phenoxy) is 1. The van der Waals surface area contributed by atoms with Crippen molar-refractivity contribution in [1.29, 1.82) is 0 Å². The van der Waals surface area contributed by atoms with E-state index in [-0.39, 0.29) is 18.6 Å². The van der Waals surface area contributed by atoms with Gasteiger partial charge in [0.1, 0.15) is 12.1 Å². The van der Waals surface area contributed by atoms with Crippen LogP contribution in [0.1, 0.15) is 43.5 Å². The first-order valence-corrected chi connectivity index (χ1v) is 9.60. The molecule has 1 aromatic heterocycles. The topological polar surface area (TPSA) is 58.6 Å². The first kappa shape index (κ1) is 19.3. The minimum absolute atomic E-state index is 0.0761. The van der Waals surface area contributed by atoms with Crippen LogP contribution in [0.15, 0.2) is 42.9 Å². The van der Waals surface area contributed by atoms with Gasteiger partial charge < -0.3 is 9.64 Å². The fourth-order valence-electron chi connectivity index (χ4n) is 3.33. The Morgan fingerprint density at radius 2 is 2.00 bits per heavy atom. The summed E-state index contributed by atoms with van der Waals surface area (Å²) in [6.07, 6.45) is 6.73. The number of nitrogens with zero attached hydrogens (tertiary/aromatic N) is 4. The molecule has 0 saturated carbocycles. The maximum atomic E-state index is 12.4. The zero-order valence-corrected chi connectivity index (χ0v) is 16.2. The van der Waals surface area contributed by atoms with Crippen LogP contribution in [0.5, 0.6) is 5.75 Å². The number of aromatic nitrogens is 2. The molecule has 1 fully saturated rings. The van der Waals surface area contributed by atoms with E-state index in [1.807, 2.05) is 35.2 Å². The third kappa shape index (κ3) is 5.26. The first-order valence-electron chi connectivity index (χ1n) is 9.60. The molecule has 0 radical (unpaired) electrons. The van der Waals surface area contributed by atoms with E-state index in [4.69, 9.17) is 4.74 Å². The highest BCUT2D eigenvalue weighted by Gasteiger charge is 2.18. The van der Waals surface area contributed by atoms with E-state index in [1.165, 1.54) is 6.42 Å². The van der Waals surface area contributed by atoms with E-state index >= 15 is 0 Å². The molecule has 3 rings (SSSR count). The van der Waals surface area contributed by atoms with Crippen molar-refractivity contribution in [3.05, 3.63) is 54.1 Å². The van der Waals surface area contributed by atoms with Crippen LogP contribution in [0.4, 0.5) is 0 Å². The Balaban J connectivity index is 1.60. The molecular formula is C21H28N4O2. The van der Waals surface area contributed by atoms with Gasteiger partial charge in [-0.2, -0.15) is 0 Å². The summed E-state index contributed by atoms with van der Waals surface area (Å²) in [5.74, 6) is 0.844. The molecule has 0 aliphatic carbocycles. The molecule has 1 aromatic carbocycles. The lowest BCUT2D eigenvalue weighted by Gasteiger charge is -2.27. The van der Waals surface area contributed by atoms with Crippen LogP contribution in [0.2, 0.25) is 0 Å². The predicted octanol–water partition coefficient (Wildman–Crippen LogP) is 3.06. The summed E-state index contributed by atoms with van der Waals surface area (Å²) in [5, 5.41) is 0. The summed E-state index contributed by atoms with van der Waals surface area (Å²) >= 11 is 0. The number of likely N-dealkylation sites (tertiary alicyclic amines) is 1. The Morgan fingerprint density at radius 3 is 2.74 bits per heavy atom. The molecule has 0 unspecified atom stereocenters. The smallest absolute Gasteiger partial charge is 0.260 e. The maximum Gasteiger partial charge on any atom is 0.260 e. The molecule has 2 aromatic rings.